The summed E-state index contributed by atoms with van der Waals surface area (Å²) in [5.41, 5.74) is 5.21. The maximum Gasteiger partial charge on any atom is 0.339 e. The fourth-order valence-electron chi connectivity index (χ4n) is 4.64. The minimum atomic E-state index is -0.456. The molecule has 4 rings (SSSR count). The van der Waals surface area contributed by atoms with Gasteiger partial charge in [-0.05, 0) is 62.6 Å². The quantitative estimate of drug-likeness (QED) is 0.246. The van der Waals surface area contributed by atoms with Crippen molar-refractivity contribution < 1.29 is 14.3 Å². The van der Waals surface area contributed by atoms with E-state index in [4.69, 9.17) is 16.3 Å². The zero-order valence-corrected chi connectivity index (χ0v) is 22.8. The molecule has 0 radical (unpaired) electrons. The number of carbonyl (C=O) groups is 2. The molecule has 2 N–H and O–H groups in total. The second kappa shape index (κ2) is 10.9. The molecule has 2 heterocycles. The summed E-state index contributed by atoms with van der Waals surface area (Å²) in [6.07, 6.45) is 2.27. The lowest BCUT2D eigenvalue weighted by Crippen LogP contribution is -2.41. The minimum absolute atomic E-state index is 0.211. The topological polar surface area (TPSA) is 76.1 Å². The van der Waals surface area contributed by atoms with Crippen LogP contribution in [0.5, 0.6) is 0 Å². The van der Waals surface area contributed by atoms with E-state index in [-0.39, 0.29) is 5.91 Å². The van der Waals surface area contributed by atoms with Crippen molar-refractivity contribution in [2.75, 3.05) is 7.11 Å². The fourth-order valence-corrected chi connectivity index (χ4v) is 4.77. The number of hydrogen-bond donors (Lipinski definition) is 2. The largest absolute Gasteiger partial charge is 0.465 e. The molecular formula is C30H34ClN3O3. The van der Waals surface area contributed by atoms with Crippen molar-refractivity contribution in [3.63, 3.8) is 0 Å². The van der Waals surface area contributed by atoms with Gasteiger partial charge in [-0.1, -0.05) is 55.3 Å². The molecule has 0 bridgehead atoms. The Morgan fingerprint density at radius 2 is 1.78 bits per heavy atom. The SMILES string of the molecule is CCCCn1c(C(=O)NC(C)(C)C)cc(C(=O)OC)c1Cc1c(-c2ccc(Cl)cc2)[nH]c2ccccc12. The summed E-state index contributed by atoms with van der Waals surface area (Å²) in [4.78, 5) is 29.9. The highest BCUT2D eigenvalue weighted by Crippen LogP contribution is 2.34. The van der Waals surface area contributed by atoms with Crippen LogP contribution in [-0.2, 0) is 17.7 Å². The monoisotopic (exact) mass is 519 g/mol. The molecule has 0 aliphatic carbocycles. The third-order valence-electron chi connectivity index (χ3n) is 6.36. The number of nitrogens with zero attached hydrogens (tertiary/aromatic N) is 1. The van der Waals surface area contributed by atoms with E-state index in [9.17, 15) is 9.59 Å². The van der Waals surface area contributed by atoms with Crippen LogP contribution >= 0.6 is 11.6 Å². The van der Waals surface area contributed by atoms with Crippen LogP contribution in [0.2, 0.25) is 5.02 Å². The van der Waals surface area contributed by atoms with Crippen LogP contribution in [0.4, 0.5) is 0 Å². The number of amides is 1. The Morgan fingerprint density at radius 1 is 1.08 bits per heavy atom. The van der Waals surface area contributed by atoms with Crippen molar-refractivity contribution in [2.45, 2.75) is 59.0 Å². The van der Waals surface area contributed by atoms with E-state index in [2.05, 4.69) is 23.3 Å². The number of esters is 1. The first-order chi connectivity index (χ1) is 17.6. The van der Waals surface area contributed by atoms with Crippen LogP contribution < -0.4 is 5.32 Å². The lowest BCUT2D eigenvalue weighted by molar-refractivity contribution is 0.0599. The summed E-state index contributed by atoms with van der Waals surface area (Å²) in [6.45, 7) is 8.55. The van der Waals surface area contributed by atoms with Crippen LogP contribution in [0.25, 0.3) is 22.2 Å². The molecule has 4 aromatic rings. The Kier molecular flexibility index (Phi) is 7.79. The number of nitrogens with one attached hydrogen (secondary N) is 2. The maximum absolute atomic E-state index is 13.4. The van der Waals surface area contributed by atoms with E-state index in [1.807, 2.05) is 67.8 Å². The first-order valence-electron chi connectivity index (χ1n) is 12.6. The standard InChI is InChI=1S/C30H34ClN3O3/c1-6-7-16-34-25(23(29(36)37-5)18-26(34)28(35)33-30(2,3)4)17-22-21-10-8-9-11-24(21)32-27(22)19-12-14-20(31)15-13-19/h8-15,18,32H,6-7,16-17H2,1-5H3,(H,33,35). The molecular weight excluding hydrogens is 486 g/mol. The Labute approximate surface area is 223 Å². The molecule has 7 heteroatoms. The van der Waals surface area contributed by atoms with E-state index in [0.717, 1.165) is 46.3 Å². The zero-order chi connectivity index (χ0) is 26.7. The molecule has 194 valence electrons. The van der Waals surface area contributed by atoms with Crippen LogP contribution in [0.15, 0.2) is 54.6 Å². The normalized spacial score (nSPS) is 11.6. The number of ether oxygens (including phenoxy) is 1. The van der Waals surface area contributed by atoms with E-state index >= 15 is 0 Å². The number of halogens is 1. The Balaban J connectivity index is 1.92. The molecule has 0 saturated carbocycles. The number of aromatic nitrogens is 2. The minimum Gasteiger partial charge on any atom is -0.465 e. The summed E-state index contributed by atoms with van der Waals surface area (Å²) in [5.74, 6) is -0.667. The second-order valence-corrected chi connectivity index (χ2v) is 10.7. The van der Waals surface area contributed by atoms with Gasteiger partial charge in [0.1, 0.15) is 5.69 Å². The molecule has 0 saturated heterocycles. The van der Waals surface area contributed by atoms with Crippen LogP contribution in [0, 0.1) is 0 Å². The highest BCUT2D eigenvalue weighted by atomic mass is 35.5. The molecule has 1 amide bonds. The van der Waals surface area contributed by atoms with E-state index in [1.165, 1.54) is 7.11 Å². The van der Waals surface area contributed by atoms with E-state index in [0.29, 0.717) is 29.2 Å². The smallest absolute Gasteiger partial charge is 0.339 e. The number of benzene rings is 2. The molecule has 2 aromatic heterocycles. The number of H-pyrrole nitrogens is 1. The average Bonchev–Trinajstić information content (AvgIpc) is 3.41. The van der Waals surface area contributed by atoms with Gasteiger partial charge in [0.2, 0.25) is 0 Å². The molecule has 0 spiro atoms. The summed E-state index contributed by atoms with van der Waals surface area (Å²) < 4.78 is 7.15. The summed E-state index contributed by atoms with van der Waals surface area (Å²) in [5, 5.41) is 4.78. The molecule has 0 aliphatic rings. The van der Waals surface area contributed by atoms with Crippen LogP contribution in [-0.4, -0.2) is 34.1 Å². The number of para-hydroxylation sites is 1. The predicted molar refractivity (Wildman–Crippen MR) is 149 cm³/mol. The van der Waals surface area contributed by atoms with Crippen molar-refractivity contribution in [3.05, 3.63) is 82.1 Å². The summed E-state index contributed by atoms with van der Waals surface area (Å²) >= 11 is 6.16. The average molecular weight is 520 g/mol. The van der Waals surface area contributed by atoms with Gasteiger partial charge in [-0.15, -0.1) is 0 Å². The van der Waals surface area contributed by atoms with Gasteiger partial charge < -0.3 is 19.6 Å². The van der Waals surface area contributed by atoms with Crippen molar-refractivity contribution in [1.82, 2.24) is 14.9 Å². The van der Waals surface area contributed by atoms with E-state index < -0.39 is 11.5 Å². The fraction of sp³-hybridized carbons (Fsp3) is 0.333. The van der Waals surface area contributed by atoms with Gasteiger partial charge in [-0.3, -0.25) is 4.79 Å². The van der Waals surface area contributed by atoms with Crippen molar-refractivity contribution in [1.29, 1.82) is 0 Å². The number of hydrogen-bond acceptors (Lipinski definition) is 3. The van der Waals surface area contributed by atoms with Crippen molar-refractivity contribution >= 4 is 34.4 Å². The second-order valence-electron chi connectivity index (χ2n) is 10.3. The van der Waals surface area contributed by atoms with Gasteiger partial charge in [0, 0.05) is 40.1 Å². The third kappa shape index (κ3) is 5.75. The molecule has 0 atom stereocenters. The maximum atomic E-state index is 13.4. The summed E-state index contributed by atoms with van der Waals surface area (Å²) in [7, 11) is 1.37. The number of rotatable bonds is 8. The number of aromatic amines is 1. The van der Waals surface area contributed by atoms with Gasteiger partial charge >= 0.3 is 5.97 Å². The van der Waals surface area contributed by atoms with Crippen LogP contribution in [0.1, 0.15) is 72.6 Å². The first kappa shape index (κ1) is 26.6. The van der Waals surface area contributed by atoms with Crippen molar-refractivity contribution in [2.24, 2.45) is 0 Å². The summed E-state index contributed by atoms with van der Waals surface area (Å²) in [6, 6.07) is 17.5. The molecule has 0 fully saturated rings. The van der Waals surface area contributed by atoms with Gasteiger partial charge in [0.15, 0.2) is 0 Å². The molecule has 37 heavy (non-hydrogen) atoms. The Hall–Kier alpha value is -3.51. The highest BCUT2D eigenvalue weighted by molar-refractivity contribution is 6.30. The lowest BCUT2D eigenvalue weighted by Gasteiger charge is -2.21. The molecule has 0 unspecified atom stereocenters. The molecule has 6 nitrogen and oxygen atoms in total. The lowest BCUT2D eigenvalue weighted by atomic mass is 9.99. The van der Waals surface area contributed by atoms with Crippen molar-refractivity contribution in [3.8, 4) is 11.3 Å². The number of unbranched alkanes of at least 4 members (excludes halogenated alkanes) is 1. The van der Waals surface area contributed by atoms with E-state index in [1.54, 1.807) is 6.07 Å². The Bertz CT molecular complexity index is 1430. The Morgan fingerprint density at radius 3 is 2.43 bits per heavy atom. The number of carbonyl (C=O) groups excluding carboxylic acids is 2. The van der Waals surface area contributed by atoms with Gasteiger partial charge in [-0.2, -0.15) is 0 Å². The first-order valence-corrected chi connectivity index (χ1v) is 13.0. The van der Waals surface area contributed by atoms with Crippen LogP contribution in [0.3, 0.4) is 0 Å². The third-order valence-corrected chi connectivity index (χ3v) is 6.61. The van der Waals surface area contributed by atoms with Gasteiger partial charge in [-0.25, -0.2) is 4.79 Å². The zero-order valence-electron chi connectivity index (χ0n) is 22.1. The number of methoxy groups -OCH3 is 1. The van der Waals surface area contributed by atoms with Gasteiger partial charge in [0.25, 0.3) is 5.91 Å². The predicted octanol–water partition coefficient (Wildman–Crippen LogP) is 7.00. The van der Waals surface area contributed by atoms with Gasteiger partial charge in [0.05, 0.1) is 18.4 Å². The number of fused-ring (bicyclic) bond motifs is 1. The molecule has 0 aliphatic heterocycles. The molecule has 2 aromatic carbocycles. The highest BCUT2D eigenvalue weighted by Gasteiger charge is 2.27.